The Kier molecular flexibility index (Phi) is 6.24. The van der Waals surface area contributed by atoms with Crippen LogP contribution in [-0.4, -0.2) is 41.8 Å². The largest absolute Gasteiger partial charge is 0.496 e. The highest BCUT2D eigenvalue weighted by Crippen LogP contribution is 2.50. The maximum Gasteiger partial charge on any atom is 0.261 e. The van der Waals surface area contributed by atoms with E-state index in [1.54, 1.807) is 7.11 Å². The Balaban J connectivity index is 1.62. The van der Waals surface area contributed by atoms with Crippen LogP contribution in [0.5, 0.6) is 11.5 Å². The van der Waals surface area contributed by atoms with Crippen LogP contribution in [0.4, 0.5) is 0 Å². The van der Waals surface area contributed by atoms with E-state index in [1.165, 1.54) is 0 Å². The van der Waals surface area contributed by atoms with Crippen LogP contribution in [0, 0.1) is 19.8 Å². The number of amides is 1. The molecule has 4 rings (SSSR count). The number of piperidine rings is 1. The summed E-state index contributed by atoms with van der Waals surface area (Å²) < 4.78 is 11.5. The molecule has 5 heteroatoms. The summed E-state index contributed by atoms with van der Waals surface area (Å²) in [6, 6.07) is 13.6. The first-order chi connectivity index (χ1) is 14.9. The van der Waals surface area contributed by atoms with Gasteiger partial charge in [0, 0.05) is 18.0 Å². The van der Waals surface area contributed by atoms with E-state index in [0.717, 1.165) is 48.1 Å². The summed E-state index contributed by atoms with van der Waals surface area (Å²) >= 11 is 0. The number of benzene rings is 2. The number of hydrogen-bond acceptors (Lipinski definition) is 4. The van der Waals surface area contributed by atoms with Crippen molar-refractivity contribution in [1.82, 2.24) is 4.90 Å². The summed E-state index contributed by atoms with van der Waals surface area (Å²) in [5.41, 5.74) is 2.46. The third kappa shape index (κ3) is 4.42. The maximum atomic E-state index is 13.4. The van der Waals surface area contributed by atoms with Gasteiger partial charge in [0.1, 0.15) is 11.5 Å². The zero-order chi connectivity index (χ0) is 22.0. The van der Waals surface area contributed by atoms with Crippen molar-refractivity contribution in [2.24, 2.45) is 5.92 Å². The Labute approximate surface area is 185 Å². The van der Waals surface area contributed by atoms with E-state index >= 15 is 0 Å². The number of likely N-dealkylation sites (tertiary alicyclic amines) is 1. The Bertz CT molecular complexity index is 923. The minimum absolute atomic E-state index is 0.00327. The van der Waals surface area contributed by atoms with Crippen LogP contribution < -0.4 is 9.47 Å². The van der Waals surface area contributed by atoms with Crippen LogP contribution in [0.2, 0.25) is 0 Å². The number of para-hydroxylation sites is 1. The standard InChI is InChI=1S/C26H33NO4/c1-18-14-19(2)16-20(15-18)31-17-24(28)27-13-12-26(29)11-7-6-9-22(26)25(27)21-8-4-5-10-23(21)30-3/h4-5,8,10,14-16,22,25,29H,6-7,9,11-13,17H2,1-3H3/t22-,25+,26-/m0/s1. The number of carbonyl (C=O) groups is 1. The molecule has 2 aromatic rings. The lowest BCUT2D eigenvalue weighted by Crippen LogP contribution is -2.57. The van der Waals surface area contributed by atoms with E-state index in [0.29, 0.717) is 18.7 Å². The van der Waals surface area contributed by atoms with E-state index in [9.17, 15) is 9.90 Å². The van der Waals surface area contributed by atoms with Crippen LogP contribution in [-0.2, 0) is 4.79 Å². The number of aryl methyl sites for hydroxylation is 2. The molecule has 166 valence electrons. The smallest absolute Gasteiger partial charge is 0.261 e. The summed E-state index contributed by atoms with van der Waals surface area (Å²) in [6.07, 6.45) is 4.42. The molecule has 0 aromatic heterocycles. The number of nitrogens with zero attached hydrogens (tertiary/aromatic N) is 1. The second kappa shape index (κ2) is 8.91. The van der Waals surface area contributed by atoms with Crippen LogP contribution in [0.3, 0.4) is 0 Å². The number of aliphatic hydroxyl groups is 1. The average molecular weight is 424 g/mol. The lowest BCUT2D eigenvalue weighted by atomic mass is 9.66. The van der Waals surface area contributed by atoms with Gasteiger partial charge in [0.2, 0.25) is 0 Å². The number of carbonyl (C=O) groups excluding carboxylic acids is 1. The molecular weight excluding hydrogens is 390 g/mol. The molecule has 0 unspecified atom stereocenters. The Morgan fingerprint density at radius 2 is 1.87 bits per heavy atom. The predicted molar refractivity (Wildman–Crippen MR) is 120 cm³/mol. The Morgan fingerprint density at radius 1 is 1.13 bits per heavy atom. The van der Waals surface area contributed by atoms with Crippen molar-refractivity contribution in [2.45, 2.75) is 57.6 Å². The Hall–Kier alpha value is -2.53. The number of rotatable bonds is 5. The van der Waals surface area contributed by atoms with Gasteiger partial charge in [0.05, 0.1) is 18.8 Å². The second-order valence-electron chi connectivity index (χ2n) is 9.09. The van der Waals surface area contributed by atoms with Crippen LogP contribution in [0.25, 0.3) is 0 Å². The molecule has 0 bridgehead atoms. The first-order valence-electron chi connectivity index (χ1n) is 11.3. The van der Waals surface area contributed by atoms with E-state index in [1.807, 2.05) is 55.1 Å². The Morgan fingerprint density at radius 3 is 2.61 bits per heavy atom. The third-order valence-electron chi connectivity index (χ3n) is 6.90. The van der Waals surface area contributed by atoms with Crippen molar-refractivity contribution in [3.05, 3.63) is 59.2 Å². The molecule has 1 amide bonds. The van der Waals surface area contributed by atoms with Crippen molar-refractivity contribution in [3.63, 3.8) is 0 Å². The predicted octanol–water partition coefficient (Wildman–Crippen LogP) is 4.59. The van der Waals surface area contributed by atoms with Gasteiger partial charge in [-0.15, -0.1) is 0 Å². The highest BCUT2D eigenvalue weighted by molar-refractivity contribution is 5.78. The van der Waals surface area contributed by atoms with Crippen molar-refractivity contribution in [3.8, 4) is 11.5 Å². The second-order valence-corrected chi connectivity index (χ2v) is 9.09. The first-order valence-corrected chi connectivity index (χ1v) is 11.3. The summed E-state index contributed by atoms with van der Waals surface area (Å²) in [7, 11) is 1.66. The number of hydrogen-bond donors (Lipinski definition) is 1. The fourth-order valence-corrected chi connectivity index (χ4v) is 5.50. The number of fused-ring (bicyclic) bond motifs is 1. The highest BCUT2D eigenvalue weighted by atomic mass is 16.5. The van der Waals surface area contributed by atoms with E-state index in [-0.39, 0.29) is 24.5 Å². The molecule has 5 nitrogen and oxygen atoms in total. The quantitative estimate of drug-likeness (QED) is 0.764. The van der Waals surface area contributed by atoms with Crippen LogP contribution in [0.1, 0.15) is 54.8 Å². The van der Waals surface area contributed by atoms with Gasteiger partial charge in [-0.2, -0.15) is 0 Å². The van der Waals surface area contributed by atoms with Gasteiger partial charge < -0.3 is 19.5 Å². The van der Waals surface area contributed by atoms with Crippen LogP contribution >= 0.6 is 0 Å². The van der Waals surface area contributed by atoms with Gasteiger partial charge in [-0.3, -0.25) is 4.79 Å². The topological polar surface area (TPSA) is 59.0 Å². The molecule has 31 heavy (non-hydrogen) atoms. The number of methoxy groups -OCH3 is 1. The molecule has 1 saturated heterocycles. The molecule has 2 fully saturated rings. The molecule has 1 N–H and O–H groups in total. The minimum Gasteiger partial charge on any atom is -0.496 e. The fraction of sp³-hybridized carbons (Fsp3) is 0.500. The minimum atomic E-state index is -0.727. The maximum absolute atomic E-state index is 13.4. The van der Waals surface area contributed by atoms with Gasteiger partial charge >= 0.3 is 0 Å². The monoisotopic (exact) mass is 423 g/mol. The van der Waals surface area contributed by atoms with Gasteiger partial charge in [-0.25, -0.2) is 0 Å². The molecule has 0 spiro atoms. The molecule has 1 aliphatic carbocycles. The SMILES string of the molecule is COc1ccccc1[C@@H]1[C@@H]2CCCC[C@]2(O)CCN1C(=O)COc1cc(C)cc(C)c1. The molecule has 1 aliphatic heterocycles. The fourth-order valence-electron chi connectivity index (χ4n) is 5.50. The van der Waals surface area contributed by atoms with E-state index in [4.69, 9.17) is 9.47 Å². The van der Waals surface area contributed by atoms with Crippen molar-refractivity contribution in [2.75, 3.05) is 20.3 Å². The van der Waals surface area contributed by atoms with Crippen molar-refractivity contribution < 1.29 is 19.4 Å². The molecule has 0 radical (unpaired) electrons. The third-order valence-corrected chi connectivity index (χ3v) is 6.90. The molecule has 1 saturated carbocycles. The van der Waals surface area contributed by atoms with Gasteiger partial charge in [-0.05, 0) is 62.4 Å². The summed E-state index contributed by atoms with van der Waals surface area (Å²) in [5.74, 6) is 1.42. The lowest BCUT2D eigenvalue weighted by molar-refractivity contribution is -0.157. The molecule has 1 heterocycles. The van der Waals surface area contributed by atoms with Crippen molar-refractivity contribution in [1.29, 1.82) is 0 Å². The average Bonchev–Trinajstić information content (AvgIpc) is 2.75. The highest BCUT2D eigenvalue weighted by Gasteiger charge is 2.50. The normalized spacial score (nSPS) is 25.6. The van der Waals surface area contributed by atoms with E-state index in [2.05, 4.69) is 6.07 Å². The lowest BCUT2D eigenvalue weighted by Gasteiger charge is -2.52. The van der Waals surface area contributed by atoms with Gasteiger partial charge in [0.25, 0.3) is 5.91 Å². The van der Waals surface area contributed by atoms with Gasteiger partial charge in [-0.1, -0.05) is 37.1 Å². The first kappa shape index (κ1) is 21.7. The summed E-state index contributed by atoms with van der Waals surface area (Å²) in [5, 5.41) is 11.4. The summed E-state index contributed by atoms with van der Waals surface area (Å²) in [4.78, 5) is 15.3. The van der Waals surface area contributed by atoms with E-state index < -0.39 is 5.60 Å². The molecule has 2 aromatic carbocycles. The molecule has 2 aliphatic rings. The van der Waals surface area contributed by atoms with Crippen molar-refractivity contribution >= 4 is 5.91 Å². The zero-order valence-corrected chi connectivity index (χ0v) is 18.8. The summed E-state index contributed by atoms with van der Waals surface area (Å²) in [6.45, 7) is 4.55. The van der Waals surface area contributed by atoms with Crippen LogP contribution in [0.15, 0.2) is 42.5 Å². The molecular formula is C26H33NO4. The van der Waals surface area contributed by atoms with Gasteiger partial charge in [0.15, 0.2) is 6.61 Å². The molecule has 3 atom stereocenters. The zero-order valence-electron chi connectivity index (χ0n) is 18.8. The number of ether oxygens (including phenoxy) is 2.